The zero-order valence-electron chi connectivity index (χ0n) is 15.2. The fourth-order valence-corrected chi connectivity index (χ4v) is 5.03. The fraction of sp³-hybridized carbons (Fsp3) is 0.316. The summed E-state index contributed by atoms with van der Waals surface area (Å²) in [4.78, 5) is 11.3. The van der Waals surface area contributed by atoms with Gasteiger partial charge in [0.05, 0.1) is 25.2 Å². The number of amides is 1. The van der Waals surface area contributed by atoms with Crippen LogP contribution in [0.4, 0.5) is 0 Å². The van der Waals surface area contributed by atoms with Gasteiger partial charge in [0.15, 0.2) is 0 Å². The first-order valence-corrected chi connectivity index (χ1v) is 9.96. The predicted molar refractivity (Wildman–Crippen MR) is 100 cm³/mol. The standard InChI is InChI=1S/C19H22N2O5S/c1-25-14-7-10-16(18(12-14)26-2)17-4-3-11-21(17)27(23,24)15-8-5-13(6-9-15)19(20)22/h5-10,12,17H,3-4,11H2,1-2H3,(H2,20,22)/t17-/m0/s1. The number of nitrogens with two attached hydrogens (primary N) is 1. The number of ether oxygens (including phenoxy) is 2. The summed E-state index contributed by atoms with van der Waals surface area (Å²) < 4.78 is 38.5. The highest BCUT2D eigenvalue weighted by molar-refractivity contribution is 7.89. The Bertz CT molecular complexity index is 941. The molecule has 1 atom stereocenters. The Morgan fingerprint density at radius 2 is 1.81 bits per heavy atom. The van der Waals surface area contributed by atoms with E-state index in [-0.39, 0.29) is 16.5 Å². The quantitative estimate of drug-likeness (QED) is 0.816. The summed E-state index contributed by atoms with van der Waals surface area (Å²) in [6.45, 7) is 0.416. The van der Waals surface area contributed by atoms with Crippen LogP contribution in [0.5, 0.6) is 11.5 Å². The molecule has 1 aliphatic heterocycles. The van der Waals surface area contributed by atoms with Gasteiger partial charge in [0.1, 0.15) is 11.5 Å². The van der Waals surface area contributed by atoms with Crippen molar-refractivity contribution in [3.05, 3.63) is 53.6 Å². The molecule has 0 saturated carbocycles. The zero-order valence-corrected chi connectivity index (χ0v) is 16.0. The molecule has 0 unspecified atom stereocenters. The monoisotopic (exact) mass is 390 g/mol. The highest BCUT2D eigenvalue weighted by atomic mass is 32.2. The smallest absolute Gasteiger partial charge is 0.248 e. The molecule has 3 rings (SSSR count). The Labute approximate surface area is 158 Å². The van der Waals surface area contributed by atoms with Crippen molar-refractivity contribution in [2.75, 3.05) is 20.8 Å². The lowest BCUT2D eigenvalue weighted by Gasteiger charge is -2.26. The van der Waals surface area contributed by atoms with Crippen LogP contribution in [0.3, 0.4) is 0 Å². The van der Waals surface area contributed by atoms with Gasteiger partial charge in [0.25, 0.3) is 0 Å². The highest BCUT2D eigenvalue weighted by Gasteiger charge is 2.37. The summed E-state index contributed by atoms with van der Waals surface area (Å²) in [5.41, 5.74) is 6.29. The third kappa shape index (κ3) is 3.63. The molecule has 2 N–H and O–H groups in total. The van der Waals surface area contributed by atoms with Gasteiger partial charge in [-0.3, -0.25) is 4.79 Å². The van der Waals surface area contributed by atoms with E-state index in [4.69, 9.17) is 15.2 Å². The molecule has 1 aliphatic rings. The molecule has 0 spiro atoms. The van der Waals surface area contributed by atoms with Crippen molar-refractivity contribution < 1.29 is 22.7 Å². The maximum Gasteiger partial charge on any atom is 0.248 e. The lowest BCUT2D eigenvalue weighted by atomic mass is 10.0. The van der Waals surface area contributed by atoms with E-state index < -0.39 is 15.9 Å². The molecule has 2 aromatic rings. The number of methoxy groups -OCH3 is 2. The molecule has 0 radical (unpaired) electrons. The average molecular weight is 390 g/mol. The minimum absolute atomic E-state index is 0.131. The van der Waals surface area contributed by atoms with Crippen LogP contribution in [-0.4, -0.2) is 39.4 Å². The van der Waals surface area contributed by atoms with Crippen LogP contribution in [0.15, 0.2) is 47.4 Å². The van der Waals surface area contributed by atoms with Gasteiger partial charge < -0.3 is 15.2 Å². The van der Waals surface area contributed by atoms with Crippen molar-refractivity contribution in [3.63, 3.8) is 0 Å². The summed E-state index contributed by atoms with van der Waals surface area (Å²) >= 11 is 0. The van der Waals surface area contributed by atoms with Gasteiger partial charge in [0, 0.05) is 23.7 Å². The Balaban J connectivity index is 1.97. The van der Waals surface area contributed by atoms with Crippen LogP contribution in [-0.2, 0) is 10.0 Å². The number of primary amides is 1. The van der Waals surface area contributed by atoms with Gasteiger partial charge in [-0.25, -0.2) is 8.42 Å². The van der Waals surface area contributed by atoms with Crippen molar-refractivity contribution in [1.29, 1.82) is 0 Å². The number of benzene rings is 2. The molecule has 1 fully saturated rings. The third-order valence-electron chi connectivity index (χ3n) is 4.75. The van der Waals surface area contributed by atoms with Crippen LogP contribution < -0.4 is 15.2 Å². The fourth-order valence-electron chi connectivity index (χ4n) is 3.36. The number of hydrogen-bond donors (Lipinski definition) is 1. The molecule has 1 heterocycles. The van der Waals surface area contributed by atoms with Crippen molar-refractivity contribution >= 4 is 15.9 Å². The lowest BCUT2D eigenvalue weighted by molar-refractivity contribution is 0.1000. The van der Waals surface area contributed by atoms with Crippen molar-refractivity contribution in [2.24, 2.45) is 5.73 Å². The number of nitrogens with zero attached hydrogens (tertiary/aromatic N) is 1. The minimum atomic E-state index is -3.72. The second-order valence-corrected chi connectivity index (χ2v) is 8.16. The number of sulfonamides is 1. The molecule has 0 aliphatic carbocycles. The number of carbonyl (C=O) groups excluding carboxylic acids is 1. The molecule has 7 nitrogen and oxygen atoms in total. The summed E-state index contributed by atoms with van der Waals surface area (Å²) in [6, 6.07) is 10.7. The molecule has 0 bridgehead atoms. The topological polar surface area (TPSA) is 98.9 Å². The maximum atomic E-state index is 13.2. The van der Waals surface area contributed by atoms with Gasteiger partial charge in [-0.15, -0.1) is 0 Å². The van der Waals surface area contributed by atoms with Crippen LogP contribution in [0.1, 0.15) is 34.8 Å². The summed E-state index contributed by atoms with van der Waals surface area (Å²) in [5.74, 6) is 0.636. The van der Waals surface area contributed by atoms with Gasteiger partial charge in [-0.1, -0.05) is 6.07 Å². The van der Waals surface area contributed by atoms with Crippen LogP contribution in [0, 0.1) is 0 Å². The first-order valence-electron chi connectivity index (χ1n) is 8.52. The van der Waals surface area contributed by atoms with E-state index >= 15 is 0 Å². The molecule has 27 heavy (non-hydrogen) atoms. The minimum Gasteiger partial charge on any atom is -0.497 e. The van der Waals surface area contributed by atoms with E-state index in [0.717, 1.165) is 12.0 Å². The number of rotatable bonds is 6. The molecule has 0 aromatic heterocycles. The van der Waals surface area contributed by atoms with E-state index in [0.29, 0.717) is 24.5 Å². The predicted octanol–water partition coefficient (Wildman–Crippen LogP) is 2.33. The van der Waals surface area contributed by atoms with E-state index in [1.54, 1.807) is 26.4 Å². The molecule has 1 saturated heterocycles. The Morgan fingerprint density at radius 3 is 2.41 bits per heavy atom. The largest absolute Gasteiger partial charge is 0.497 e. The van der Waals surface area contributed by atoms with E-state index in [2.05, 4.69) is 0 Å². The van der Waals surface area contributed by atoms with E-state index in [1.165, 1.54) is 28.6 Å². The maximum absolute atomic E-state index is 13.2. The summed E-state index contributed by atoms with van der Waals surface area (Å²) in [7, 11) is -0.609. The van der Waals surface area contributed by atoms with Gasteiger partial charge >= 0.3 is 0 Å². The molecular formula is C19H22N2O5S. The van der Waals surface area contributed by atoms with E-state index in [9.17, 15) is 13.2 Å². The van der Waals surface area contributed by atoms with Crippen molar-refractivity contribution in [1.82, 2.24) is 4.31 Å². The lowest BCUT2D eigenvalue weighted by Crippen LogP contribution is -2.31. The van der Waals surface area contributed by atoms with Gasteiger partial charge in [-0.2, -0.15) is 4.31 Å². The zero-order chi connectivity index (χ0) is 19.6. The molecule has 2 aromatic carbocycles. The van der Waals surface area contributed by atoms with Crippen LogP contribution >= 0.6 is 0 Å². The second kappa shape index (κ2) is 7.58. The first-order chi connectivity index (χ1) is 12.9. The van der Waals surface area contributed by atoms with Gasteiger partial charge in [-0.05, 0) is 43.2 Å². The van der Waals surface area contributed by atoms with Crippen LogP contribution in [0.2, 0.25) is 0 Å². The normalized spacial score (nSPS) is 17.6. The number of carbonyl (C=O) groups is 1. The summed E-state index contributed by atoms with van der Waals surface area (Å²) in [6.07, 6.45) is 1.44. The Kier molecular flexibility index (Phi) is 5.38. The second-order valence-electron chi connectivity index (χ2n) is 6.27. The van der Waals surface area contributed by atoms with Crippen molar-refractivity contribution in [3.8, 4) is 11.5 Å². The molecular weight excluding hydrogens is 368 g/mol. The summed E-state index contributed by atoms with van der Waals surface area (Å²) in [5, 5.41) is 0. The highest BCUT2D eigenvalue weighted by Crippen LogP contribution is 2.41. The molecule has 1 amide bonds. The molecule has 8 heteroatoms. The Hall–Kier alpha value is -2.58. The van der Waals surface area contributed by atoms with Crippen molar-refractivity contribution in [2.45, 2.75) is 23.8 Å². The third-order valence-corrected chi connectivity index (χ3v) is 6.67. The molecule has 144 valence electrons. The van der Waals surface area contributed by atoms with Gasteiger partial charge in [0.2, 0.25) is 15.9 Å². The van der Waals surface area contributed by atoms with Crippen LogP contribution in [0.25, 0.3) is 0 Å². The Morgan fingerprint density at radius 1 is 1.11 bits per heavy atom. The SMILES string of the molecule is COc1ccc([C@@H]2CCCN2S(=O)(=O)c2ccc(C(N)=O)cc2)c(OC)c1. The first kappa shape index (κ1) is 19.2. The van der Waals surface area contributed by atoms with E-state index in [1.807, 2.05) is 6.07 Å². The number of hydrogen-bond acceptors (Lipinski definition) is 5. The average Bonchev–Trinajstić information content (AvgIpc) is 3.18.